The maximum atomic E-state index is 13.8. The molecule has 10 heteroatoms. The van der Waals surface area contributed by atoms with Gasteiger partial charge in [0.1, 0.15) is 12.3 Å². The highest BCUT2D eigenvalue weighted by Crippen LogP contribution is 2.33. The van der Waals surface area contributed by atoms with E-state index in [0.29, 0.717) is 24.6 Å². The summed E-state index contributed by atoms with van der Waals surface area (Å²) in [5, 5.41) is 2.90. The Kier molecular flexibility index (Phi) is 10.3. The van der Waals surface area contributed by atoms with Crippen molar-refractivity contribution >= 4 is 33.4 Å². The molecule has 1 heterocycles. The van der Waals surface area contributed by atoms with Gasteiger partial charge in [0.15, 0.2) is 0 Å². The predicted molar refractivity (Wildman–Crippen MR) is 155 cm³/mol. The van der Waals surface area contributed by atoms with Crippen LogP contribution in [-0.2, 0) is 32.6 Å². The van der Waals surface area contributed by atoms with E-state index < -0.39 is 15.9 Å². The molecule has 208 valence electrons. The van der Waals surface area contributed by atoms with Crippen LogP contribution in [0.5, 0.6) is 5.75 Å². The van der Waals surface area contributed by atoms with Crippen LogP contribution in [0.2, 0.25) is 0 Å². The molecule has 0 atom stereocenters. The first-order valence-electron chi connectivity index (χ1n) is 12.9. The highest BCUT2D eigenvalue weighted by atomic mass is 32.2. The molecule has 0 spiro atoms. The number of benzene rings is 3. The number of anilines is 1. The number of rotatable bonds is 12. The monoisotopic (exact) mass is 569 g/mol. The molecule has 1 saturated heterocycles. The molecule has 8 nitrogen and oxygen atoms in total. The molecule has 4 rings (SSSR count). The Balaban J connectivity index is 1.51. The van der Waals surface area contributed by atoms with Crippen molar-refractivity contribution in [2.24, 2.45) is 0 Å². The molecule has 39 heavy (non-hydrogen) atoms. The van der Waals surface area contributed by atoms with Crippen LogP contribution in [0.15, 0.2) is 82.6 Å². The average Bonchev–Trinajstić information content (AvgIpc) is 2.96. The van der Waals surface area contributed by atoms with Crippen LogP contribution in [-0.4, -0.2) is 64.9 Å². The summed E-state index contributed by atoms with van der Waals surface area (Å²) < 4.78 is 39.9. The van der Waals surface area contributed by atoms with Crippen LogP contribution in [0, 0.1) is 0 Å². The quantitative estimate of drug-likeness (QED) is 0.328. The number of thioether (sulfide) groups is 1. The van der Waals surface area contributed by atoms with E-state index >= 15 is 0 Å². The second kappa shape index (κ2) is 13.8. The van der Waals surface area contributed by atoms with Crippen molar-refractivity contribution in [3.63, 3.8) is 0 Å². The van der Waals surface area contributed by atoms with Gasteiger partial charge in [-0.1, -0.05) is 36.4 Å². The standard InChI is InChI=1S/C29H35N3O5S2/c1-3-37-28-10-5-4-9-27(28)32(39(34,35)26-13-11-25(38-2)12-14-26)22-29(33)30-20-23-7-6-8-24(19-23)21-31-15-17-36-18-16-31/h4-14,19H,3,15-18,20-22H2,1-2H3,(H,30,33). The van der Waals surface area contributed by atoms with Gasteiger partial charge in [0.25, 0.3) is 10.0 Å². The van der Waals surface area contributed by atoms with Crippen molar-refractivity contribution in [1.29, 1.82) is 0 Å². The van der Waals surface area contributed by atoms with Gasteiger partial charge in [-0.15, -0.1) is 11.8 Å². The zero-order chi connectivity index (χ0) is 27.7. The summed E-state index contributed by atoms with van der Waals surface area (Å²) in [6, 6.07) is 21.6. The van der Waals surface area contributed by atoms with Crippen LogP contribution in [0.25, 0.3) is 0 Å². The number of carbonyl (C=O) groups is 1. The number of morpholine rings is 1. The minimum atomic E-state index is -4.05. The smallest absolute Gasteiger partial charge is 0.264 e. The lowest BCUT2D eigenvalue weighted by atomic mass is 10.1. The van der Waals surface area contributed by atoms with E-state index in [9.17, 15) is 13.2 Å². The predicted octanol–water partition coefficient (Wildman–Crippen LogP) is 4.15. The van der Waals surface area contributed by atoms with Crippen LogP contribution < -0.4 is 14.4 Å². The molecule has 3 aromatic carbocycles. The molecule has 0 radical (unpaired) electrons. The Hall–Kier alpha value is -3.05. The number of para-hydroxylation sites is 2. The van der Waals surface area contributed by atoms with E-state index in [1.165, 1.54) is 11.8 Å². The normalized spacial score (nSPS) is 14.1. The maximum absolute atomic E-state index is 13.8. The molecule has 0 saturated carbocycles. The Bertz CT molecular complexity index is 1340. The topological polar surface area (TPSA) is 88.2 Å². The molecule has 1 N–H and O–H groups in total. The SMILES string of the molecule is CCOc1ccccc1N(CC(=O)NCc1cccc(CN2CCOCC2)c1)S(=O)(=O)c1ccc(SC)cc1. The number of hydrogen-bond donors (Lipinski definition) is 1. The van der Waals surface area contributed by atoms with Gasteiger partial charge in [-0.3, -0.25) is 14.0 Å². The van der Waals surface area contributed by atoms with Crippen molar-refractivity contribution < 1.29 is 22.7 Å². The van der Waals surface area contributed by atoms with Gasteiger partial charge in [0.2, 0.25) is 5.91 Å². The molecule has 0 aromatic heterocycles. The minimum absolute atomic E-state index is 0.107. The average molecular weight is 570 g/mol. The zero-order valence-corrected chi connectivity index (χ0v) is 24.0. The van der Waals surface area contributed by atoms with E-state index in [1.807, 2.05) is 25.3 Å². The summed E-state index contributed by atoms with van der Waals surface area (Å²) in [5.41, 5.74) is 2.43. The second-order valence-corrected chi connectivity index (χ2v) is 11.8. The van der Waals surface area contributed by atoms with Crippen LogP contribution in [0.4, 0.5) is 5.69 Å². The number of carbonyl (C=O) groups excluding carboxylic acids is 1. The summed E-state index contributed by atoms with van der Waals surface area (Å²) in [6.07, 6.45) is 1.93. The second-order valence-electron chi connectivity index (χ2n) is 9.07. The van der Waals surface area contributed by atoms with Gasteiger partial charge in [0.05, 0.1) is 30.4 Å². The van der Waals surface area contributed by atoms with Crippen molar-refractivity contribution in [2.45, 2.75) is 29.8 Å². The van der Waals surface area contributed by atoms with Crippen LogP contribution in [0.1, 0.15) is 18.1 Å². The molecular formula is C29H35N3O5S2. The number of amides is 1. The van der Waals surface area contributed by atoms with Crippen molar-refractivity contribution in [3.05, 3.63) is 83.9 Å². The lowest BCUT2D eigenvalue weighted by Gasteiger charge is -2.27. The third-order valence-electron chi connectivity index (χ3n) is 6.36. The third kappa shape index (κ3) is 7.76. The van der Waals surface area contributed by atoms with Crippen LogP contribution in [0.3, 0.4) is 0 Å². The van der Waals surface area contributed by atoms with Gasteiger partial charge < -0.3 is 14.8 Å². The van der Waals surface area contributed by atoms with Gasteiger partial charge in [-0.05, 0) is 60.7 Å². The molecule has 0 unspecified atom stereocenters. The van der Waals surface area contributed by atoms with Gasteiger partial charge in [0, 0.05) is 31.1 Å². The fraction of sp³-hybridized carbons (Fsp3) is 0.345. The molecule has 3 aromatic rings. The van der Waals surface area contributed by atoms with Crippen molar-refractivity contribution in [2.75, 3.05) is 50.0 Å². The summed E-state index contributed by atoms with van der Waals surface area (Å²) in [4.78, 5) is 16.6. The van der Waals surface area contributed by atoms with E-state index in [-0.39, 0.29) is 11.4 Å². The van der Waals surface area contributed by atoms with E-state index in [1.54, 1.807) is 48.5 Å². The fourth-order valence-electron chi connectivity index (χ4n) is 4.36. The number of hydrogen-bond acceptors (Lipinski definition) is 7. The molecule has 0 aliphatic carbocycles. The fourth-order valence-corrected chi connectivity index (χ4v) is 6.20. The van der Waals surface area contributed by atoms with Crippen molar-refractivity contribution in [1.82, 2.24) is 10.2 Å². The maximum Gasteiger partial charge on any atom is 0.264 e. The number of nitrogens with one attached hydrogen (secondary N) is 1. The summed E-state index contributed by atoms with van der Waals surface area (Å²) in [5.74, 6) is -0.0166. The first-order valence-corrected chi connectivity index (χ1v) is 15.6. The summed E-state index contributed by atoms with van der Waals surface area (Å²) in [6.45, 7) is 6.19. The first kappa shape index (κ1) is 28.9. The third-order valence-corrected chi connectivity index (χ3v) is 8.88. The summed E-state index contributed by atoms with van der Waals surface area (Å²) >= 11 is 1.53. The highest BCUT2D eigenvalue weighted by Gasteiger charge is 2.29. The van der Waals surface area contributed by atoms with Crippen LogP contribution >= 0.6 is 11.8 Å². The number of ether oxygens (including phenoxy) is 2. The molecule has 1 aliphatic heterocycles. The molecule has 1 aliphatic rings. The van der Waals surface area contributed by atoms with Gasteiger partial charge >= 0.3 is 0 Å². The first-order chi connectivity index (χ1) is 18.9. The van der Waals surface area contributed by atoms with Gasteiger partial charge in [-0.2, -0.15) is 0 Å². The molecule has 1 amide bonds. The molecular weight excluding hydrogens is 534 g/mol. The van der Waals surface area contributed by atoms with E-state index in [2.05, 4.69) is 22.3 Å². The number of nitrogens with zero attached hydrogens (tertiary/aromatic N) is 2. The zero-order valence-electron chi connectivity index (χ0n) is 22.3. The Morgan fingerprint density at radius 2 is 1.74 bits per heavy atom. The number of sulfonamides is 1. The molecule has 1 fully saturated rings. The Morgan fingerprint density at radius 1 is 1.03 bits per heavy atom. The largest absolute Gasteiger partial charge is 0.492 e. The summed E-state index contributed by atoms with van der Waals surface area (Å²) in [7, 11) is -4.05. The van der Waals surface area contributed by atoms with Crippen molar-refractivity contribution in [3.8, 4) is 5.75 Å². The lowest BCUT2D eigenvalue weighted by Crippen LogP contribution is -2.41. The Morgan fingerprint density at radius 3 is 2.46 bits per heavy atom. The van der Waals surface area contributed by atoms with E-state index in [0.717, 1.165) is 53.2 Å². The Labute approximate surface area is 235 Å². The highest BCUT2D eigenvalue weighted by molar-refractivity contribution is 7.98. The molecule has 0 bridgehead atoms. The minimum Gasteiger partial charge on any atom is -0.492 e. The van der Waals surface area contributed by atoms with E-state index in [4.69, 9.17) is 9.47 Å². The van der Waals surface area contributed by atoms with Gasteiger partial charge in [-0.25, -0.2) is 8.42 Å². The lowest BCUT2D eigenvalue weighted by molar-refractivity contribution is -0.119.